The predicted molar refractivity (Wildman–Crippen MR) is 96.5 cm³/mol. The van der Waals surface area contributed by atoms with Crippen LogP contribution in [0.4, 0.5) is 0 Å². The van der Waals surface area contributed by atoms with E-state index in [9.17, 15) is 4.79 Å². The van der Waals surface area contributed by atoms with E-state index in [1.807, 2.05) is 18.2 Å². The smallest absolute Gasteiger partial charge is 0.193 e. The second-order valence-electron chi connectivity index (χ2n) is 8.69. The molecule has 0 N–H and O–H groups in total. The summed E-state index contributed by atoms with van der Waals surface area (Å²) in [7, 11) is 0. The average molecular weight is 306 g/mol. The third-order valence-electron chi connectivity index (χ3n) is 4.72. The molecule has 1 aliphatic rings. The molecule has 3 rings (SSSR count). The SMILES string of the molecule is CC(C)(C)c1ccc2c(c1C(C)(C)C)C(=O)c1ccccc1C2. The van der Waals surface area contributed by atoms with Gasteiger partial charge in [0.05, 0.1) is 0 Å². The lowest BCUT2D eigenvalue weighted by atomic mass is 9.69. The zero-order valence-electron chi connectivity index (χ0n) is 15.1. The Balaban J connectivity index is 2.34. The number of hydrogen-bond donors (Lipinski definition) is 0. The summed E-state index contributed by atoms with van der Waals surface area (Å²) in [5.41, 5.74) is 6.61. The van der Waals surface area contributed by atoms with Crippen LogP contribution in [0.1, 0.15) is 79.7 Å². The second kappa shape index (κ2) is 5.06. The van der Waals surface area contributed by atoms with Gasteiger partial charge in [-0.1, -0.05) is 77.9 Å². The minimum Gasteiger partial charge on any atom is -0.289 e. The number of carbonyl (C=O) groups excluding carboxylic acids is 1. The Labute approximate surface area is 139 Å². The van der Waals surface area contributed by atoms with Crippen LogP contribution in [0, 0.1) is 0 Å². The molecule has 0 amide bonds. The number of rotatable bonds is 0. The Hall–Kier alpha value is -1.89. The van der Waals surface area contributed by atoms with Crippen LogP contribution in [0.2, 0.25) is 0 Å². The summed E-state index contributed by atoms with van der Waals surface area (Å²) >= 11 is 0. The van der Waals surface area contributed by atoms with Crippen LogP contribution >= 0.6 is 0 Å². The number of fused-ring (bicyclic) bond motifs is 2. The highest BCUT2D eigenvalue weighted by Gasteiger charge is 2.34. The van der Waals surface area contributed by atoms with Crippen molar-refractivity contribution in [3.05, 3.63) is 69.8 Å². The van der Waals surface area contributed by atoms with Gasteiger partial charge in [-0.3, -0.25) is 4.79 Å². The summed E-state index contributed by atoms with van der Waals surface area (Å²) in [4.78, 5) is 13.3. The van der Waals surface area contributed by atoms with E-state index in [0.29, 0.717) is 0 Å². The van der Waals surface area contributed by atoms with Crippen molar-refractivity contribution in [1.82, 2.24) is 0 Å². The van der Waals surface area contributed by atoms with E-state index in [2.05, 4.69) is 59.7 Å². The molecule has 23 heavy (non-hydrogen) atoms. The number of carbonyl (C=O) groups is 1. The largest absolute Gasteiger partial charge is 0.289 e. The van der Waals surface area contributed by atoms with Crippen LogP contribution < -0.4 is 0 Å². The van der Waals surface area contributed by atoms with Crippen molar-refractivity contribution in [3.63, 3.8) is 0 Å². The van der Waals surface area contributed by atoms with Gasteiger partial charge in [-0.2, -0.15) is 0 Å². The highest BCUT2D eigenvalue weighted by molar-refractivity contribution is 6.13. The summed E-state index contributed by atoms with van der Waals surface area (Å²) in [6.45, 7) is 13.3. The summed E-state index contributed by atoms with van der Waals surface area (Å²) < 4.78 is 0. The lowest BCUT2D eigenvalue weighted by molar-refractivity contribution is 0.103. The van der Waals surface area contributed by atoms with Crippen LogP contribution in [0.3, 0.4) is 0 Å². The third-order valence-corrected chi connectivity index (χ3v) is 4.72. The molecule has 1 nitrogen and oxygen atoms in total. The van der Waals surface area contributed by atoms with Gasteiger partial charge in [-0.25, -0.2) is 0 Å². The fourth-order valence-corrected chi connectivity index (χ4v) is 3.69. The first-order valence-corrected chi connectivity index (χ1v) is 8.40. The van der Waals surface area contributed by atoms with Crippen molar-refractivity contribution < 1.29 is 4.79 Å². The van der Waals surface area contributed by atoms with Crippen LogP contribution in [-0.4, -0.2) is 5.78 Å². The van der Waals surface area contributed by atoms with E-state index < -0.39 is 0 Å². The van der Waals surface area contributed by atoms with E-state index in [1.165, 1.54) is 16.7 Å². The van der Waals surface area contributed by atoms with Gasteiger partial charge in [-0.15, -0.1) is 0 Å². The number of benzene rings is 2. The average Bonchev–Trinajstić information content (AvgIpc) is 2.44. The first-order valence-electron chi connectivity index (χ1n) is 8.40. The molecule has 0 saturated heterocycles. The van der Waals surface area contributed by atoms with E-state index in [1.54, 1.807) is 0 Å². The highest BCUT2D eigenvalue weighted by atomic mass is 16.1. The van der Waals surface area contributed by atoms with Gasteiger partial charge in [-0.05, 0) is 39.5 Å². The summed E-state index contributed by atoms with van der Waals surface area (Å²) in [6.07, 6.45) is 0.852. The normalized spacial score (nSPS) is 14.4. The molecule has 0 saturated carbocycles. The molecule has 0 spiro atoms. The zero-order chi connectivity index (χ0) is 17.0. The van der Waals surface area contributed by atoms with Crippen LogP contribution in [0.15, 0.2) is 36.4 Å². The fraction of sp³-hybridized carbons (Fsp3) is 0.409. The predicted octanol–water partition coefficient (Wildman–Crippen LogP) is 5.42. The minimum atomic E-state index is -0.0596. The molecule has 2 aromatic rings. The molecule has 0 aromatic heterocycles. The fourth-order valence-electron chi connectivity index (χ4n) is 3.69. The van der Waals surface area contributed by atoms with Gasteiger partial charge in [0.15, 0.2) is 5.78 Å². The molecule has 1 heteroatoms. The molecular weight excluding hydrogens is 280 g/mol. The monoisotopic (exact) mass is 306 g/mol. The molecule has 0 atom stereocenters. The maximum Gasteiger partial charge on any atom is 0.193 e. The van der Waals surface area contributed by atoms with Crippen LogP contribution in [0.25, 0.3) is 0 Å². The maximum atomic E-state index is 13.3. The Kier molecular flexibility index (Phi) is 3.51. The Morgan fingerprint density at radius 1 is 0.783 bits per heavy atom. The molecule has 0 heterocycles. The van der Waals surface area contributed by atoms with Crippen molar-refractivity contribution in [1.29, 1.82) is 0 Å². The van der Waals surface area contributed by atoms with Gasteiger partial charge in [0.25, 0.3) is 0 Å². The molecule has 0 fully saturated rings. The summed E-state index contributed by atoms with van der Waals surface area (Å²) in [5, 5.41) is 0. The topological polar surface area (TPSA) is 17.1 Å². The first kappa shape index (κ1) is 16.0. The highest BCUT2D eigenvalue weighted by Crippen LogP contribution is 2.41. The van der Waals surface area contributed by atoms with Gasteiger partial charge in [0.1, 0.15) is 0 Å². The van der Waals surface area contributed by atoms with Crippen molar-refractivity contribution in [2.45, 2.75) is 58.8 Å². The Bertz CT molecular complexity index is 783. The minimum absolute atomic E-state index is 0.0227. The molecule has 0 unspecified atom stereocenters. The molecule has 0 bridgehead atoms. The Morgan fingerprint density at radius 2 is 1.43 bits per heavy atom. The zero-order valence-corrected chi connectivity index (χ0v) is 15.1. The third kappa shape index (κ3) is 2.63. The second-order valence-corrected chi connectivity index (χ2v) is 8.69. The van der Waals surface area contributed by atoms with Crippen molar-refractivity contribution >= 4 is 5.78 Å². The van der Waals surface area contributed by atoms with Gasteiger partial charge < -0.3 is 0 Å². The maximum absolute atomic E-state index is 13.3. The van der Waals surface area contributed by atoms with E-state index in [0.717, 1.165) is 23.1 Å². The molecule has 1 aliphatic carbocycles. The first-order chi connectivity index (χ1) is 10.6. The quantitative estimate of drug-likeness (QED) is 0.542. The number of hydrogen-bond acceptors (Lipinski definition) is 1. The lowest BCUT2D eigenvalue weighted by Crippen LogP contribution is -2.28. The van der Waals surface area contributed by atoms with Crippen LogP contribution in [0.5, 0.6) is 0 Å². The Morgan fingerprint density at radius 3 is 2.04 bits per heavy atom. The van der Waals surface area contributed by atoms with E-state index in [4.69, 9.17) is 0 Å². The van der Waals surface area contributed by atoms with Gasteiger partial charge in [0.2, 0.25) is 0 Å². The standard InChI is InChI=1S/C22H26O/c1-21(2,3)17-12-11-15-13-14-9-7-8-10-16(14)20(23)18(15)19(17)22(4,5)6/h7-12H,13H2,1-6H3. The summed E-state index contributed by atoms with van der Waals surface area (Å²) in [6, 6.07) is 12.4. The van der Waals surface area contributed by atoms with Crippen molar-refractivity contribution in [2.75, 3.05) is 0 Å². The van der Waals surface area contributed by atoms with Gasteiger partial charge >= 0.3 is 0 Å². The van der Waals surface area contributed by atoms with Crippen LogP contribution in [-0.2, 0) is 17.3 Å². The lowest BCUT2D eigenvalue weighted by Gasteiger charge is -2.34. The molecule has 0 aliphatic heterocycles. The van der Waals surface area contributed by atoms with E-state index >= 15 is 0 Å². The molecule has 2 aromatic carbocycles. The molecule has 120 valence electrons. The molecular formula is C22H26O. The number of ketones is 1. The van der Waals surface area contributed by atoms with Crippen molar-refractivity contribution in [3.8, 4) is 0 Å². The summed E-state index contributed by atoms with van der Waals surface area (Å²) in [5.74, 6) is 0.192. The van der Waals surface area contributed by atoms with Crippen molar-refractivity contribution in [2.24, 2.45) is 0 Å². The van der Waals surface area contributed by atoms with Gasteiger partial charge in [0, 0.05) is 11.1 Å². The molecule has 0 radical (unpaired) electrons. The van der Waals surface area contributed by atoms with E-state index in [-0.39, 0.29) is 16.6 Å².